The Morgan fingerprint density at radius 3 is 2.85 bits per heavy atom. The third-order valence-electron chi connectivity index (χ3n) is 2.88. The maximum Gasteiger partial charge on any atom is 0.264 e. The van der Waals surface area contributed by atoms with Gasteiger partial charge in [0.2, 0.25) is 0 Å². The van der Waals surface area contributed by atoms with Crippen LogP contribution in [-0.2, 0) is 6.54 Å². The number of aromatic nitrogens is 4. The lowest BCUT2D eigenvalue weighted by molar-refractivity contribution is 0.757. The van der Waals surface area contributed by atoms with Crippen molar-refractivity contribution in [3.8, 4) is 0 Å². The molecule has 8 heteroatoms. The van der Waals surface area contributed by atoms with E-state index in [1.807, 2.05) is 25.9 Å². The van der Waals surface area contributed by atoms with Gasteiger partial charge in [0.05, 0.1) is 24.0 Å². The zero-order valence-corrected chi connectivity index (χ0v) is 13.0. The lowest BCUT2D eigenvalue weighted by Crippen LogP contribution is -2.20. The summed E-state index contributed by atoms with van der Waals surface area (Å²) in [6.45, 7) is 2.33. The highest BCUT2D eigenvalue weighted by atomic mass is 32.1. The van der Waals surface area contributed by atoms with Gasteiger partial charge in [-0.05, 0) is 18.5 Å². The minimum absolute atomic E-state index is 0.0407. The van der Waals surface area contributed by atoms with Crippen molar-refractivity contribution in [2.75, 3.05) is 19.0 Å². The van der Waals surface area contributed by atoms with E-state index in [-0.39, 0.29) is 5.56 Å². The topological polar surface area (TPSA) is 63.9 Å². The van der Waals surface area contributed by atoms with Gasteiger partial charge in [-0.15, -0.1) is 11.3 Å². The molecular formula is C12H13N5OS2. The average molecular weight is 307 g/mol. The van der Waals surface area contributed by atoms with Crippen molar-refractivity contribution in [1.82, 2.24) is 18.9 Å². The van der Waals surface area contributed by atoms with Gasteiger partial charge >= 0.3 is 0 Å². The Hall–Kier alpha value is -1.80. The zero-order valence-electron chi connectivity index (χ0n) is 11.3. The molecule has 0 unspecified atom stereocenters. The van der Waals surface area contributed by atoms with Crippen molar-refractivity contribution < 1.29 is 0 Å². The number of hydrogen-bond acceptors (Lipinski definition) is 7. The highest BCUT2D eigenvalue weighted by Gasteiger charge is 2.11. The van der Waals surface area contributed by atoms with Gasteiger partial charge in [0.1, 0.15) is 0 Å². The van der Waals surface area contributed by atoms with E-state index in [0.29, 0.717) is 16.8 Å². The fourth-order valence-electron chi connectivity index (χ4n) is 1.87. The Morgan fingerprint density at radius 1 is 1.35 bits per heavy atom. The average Bonchev–Trinajstić information content (AvgIpc) is 3.00. The molecule has 0 atom stereocenters. The standard InChI is InChI=1S/C12H13N5OS2/c1-7-9-10(20-15-7)14-6-17(11(9)18)5-8-4-13-12(19-8)16(2)3/h4,6H,5H2,1-3H3. The second kappa shape index (κ2) is 4.95. The number of hydrogen-bond donors (Lipinski definition) is 0. The van der Waals surface area contributed by atoms with E-state index >= 15 is 0 Å². The van der Waals surface area contributed by atoms with Crippen molar-refractivity contribution in [2.45, 2.75) is 13.5 Å². The lowest BCUT2D eigenvalue weighted by Gasteiger charge is -2.05. The molecule has 0 aliphatic carbocycles. The van der Waals surface area contributed by atoms with E-state index in [4.69, 9.17) is 0 Å². The molecule has 20 heavy (non-hydrogen) atoms. The predicted molar refractivity (Wildman–Crippen MR) is 82.0 cm³/mol. The van der Waals surface area contributed by atoms with Crippen LogP contribution in [0.5, 0.6) is 0 Å². The molecule has 6 nitrogen and oxygen atoms in total. The molecule has 0 fully saturated rings. The molecule has 0 bridgehead atoms. The van der Waals surface area contributed by atoms with Gasteiger partial charge in [0.25, 0.3) is 5.56 Å². The number of fused-ring (bicyclic) bond motifs is 1. The van der Waals surface area contributed by atoms with Gasteiger partial charge in [-0.3, -0.25) is 9.36 Å². The van der Waals surface area contributed by atoms with Crippen LogP contribution in [0.25, 0.3) is 10.2 Å². The van der Waals surface area contributed by atoms with E-state index in [9.17, 15) is 4.79 Å². The predicted octanol–water partition coefficient (Wildman–Crippen LogP) is 1.73. The largest absolute Gasteiger partial charge is 0.354 e. The minimum atomic E-state index is -0.0407. The van der Waals surface area contributed by atoms with Crippen molar-refractivity contribution in [1.29, 1.82) is 0 Å². The molecule has 3 rings (SSSR count). The monoisotopic (exact) mass is 307 g/mol. The van der Waals surface area contributed by atoms with E-state index in [1.54, 1.807) is 28.4 Å². The first-order chi connectivity index (χ1) is 9.56. The van der Waals surface area contributed by atoms with Gasteiger partial charge in [-0.2, -0.15) is 4.37 Å². The number of aryl methyl sites for hydroxylation is 1. The van der Waals surface area contributed by atoms with Crippen molar-refractivity contribution in [2.24, 2.45) is 0 Å². The SMILES string of the molecule is Cc1nsc2ncn(Cc3cnc(N(C)C)s3)c(=O)c12. The summed E-state index contributed by atoms with van der Waals surface area (Å²) in [6, 6.07) is 0. The summed E-state index contributed by atoms with van der Waals surface area (Å²) in [5.74, 6) is 0. The number of thiazole rings is 1. The van der Waals surface area contributed by atoms with Gasteiger partial charge in [-0.1, -0.05) is 0 Å². The molecule has 0 N–H and O–H groups in total. The Morgan fingerprint density at radius 2 is 2.15 bits per heavy atom. The first-order valence-corrected chi connectivity index (χ1v) is 7.58. The van der Waals surface area contributed by atoms with Crippen LogP contribution in [0.2, 0.25) is 0 Å². The summed E-state index contributed by atoms with van der Waals surface area (Å²) in [4.78, 5) is 24.7. The summed E-state index contributed by atoms with van der Waals surface area (Å²) >= 11 is 2.83. The second-order valence-corrected chi connectivity index (χ2v) is 6.47. The van der Waals surface area contributed by atoms with Crippen LogP contribution in [0.3, 0.4) is 0 Å². The van der Waals surface area contributed by atoms with E-state index in [2.05, 4.69) is 14.3 Å². The third kappa shape index (κ3) is 2.20. The van der Waals surface area contributed by atoms with Gasteiger partial charge in [0, 0.05) is 25.2 Å². The molecule has 104 valence electrons. The Labute approximate surface area is 123 Å². The molecule has 0 saturated heterocycles. The Kier molecular flexibility index (Phi) is 3.27. The molecule has 0 aromatic carbocycles. The van der Waals surface area contributed by atoms with E-state index < -0.39 is 0 Å². The van der Waals surface area contributed by atoms with E-state index in [0.717, 1.165) is 15.7 Å². The molecule has 0 spiro atoms. The third-order valence-corrected chi connectivity index (χ3v) is 4.88. The summed E-state index contributed by atoms with van der Waals surface area (Å²) in [5, 5.41) is 1.55. The fraction of sp³-hybridized carbons (Fsp3) is 0.333. The summed E-state index contributed by atoms with van der Waals surface area (Å²) < 4.78 is 5.79. The van der Waals surface area contributed by atoms with Crippen molar-refractivity contribution >= 4 is 38.2 Å². The Bertz CT molecular complexity index is 817. The maximum atomic E-state index is 12.4. The summed E-state index contributed by atoms with van der Waals surface area (Å²) in [6.07, 6.45) is 3.38. The molecule has 0 aliphatic heterocycles. The highest BCUT2D eigenvalue weighted by molar-refractivity contribution is 7.15. The van der Waals surface area contributed by atoms with Crippen molar-refractivity contribution in [3.05, 3.63) is 33.4 Å². The highest BCUT2D eigenvalue weighted by Crippen LogP contribution is 2.21. The van der Waals surface area contributed by atoms with Crippen molar-refractivity contribution in [3.63, 3.8) is 0 Å². The number of anilines is 1. The smallest absolute Gasteiger partial charge is 0.264 e. The Balaban J connectivity index is 2.00. The maximum absolute atomic E-state index is 12.4. The quantitative estimate of drug-likeness (QED) is 0.737. The van der Waals surface area contributed by atoms with Crippen LogP contribution in [0.1, 0.15) is 10.6 Å². The first kappa shape index (κ1) is 13.2. The fourth-order valence-corrected chi connectivity index (χ4v) is 3.43. The molecule has 3 aromatic heterocycles. The van der Waals surface area contributed by atoms with Gasteiger partial charge in [0.15, 0.2) is 9.96 Å². The molecule has 3 aromatic rings. The number of rotatable bonds is 3. The van der Waals surface area contributed by atoms with Crippen LogP contribution in [0, 0.1) is 6.92 Å². The molecule has 0 aliphatic rings. The second-order valence-electron chi connectivity index (χ2n) is 4.63. The molecule has 3 heterocycles. The molecular weight excluding hydrogens is 294 g/mol. The van der Waals surface area contributed by atoms with Crippen LogP contribution in [-0.4, -0.2) is 33.0 Å². The van der Waals surface area contributed by atoms with Crippen LogP contribution in [0.15, 0.2) is 17.3 Å². The van der Waals surface area contributed by atoms with E-state index in [1.165, 1.54) is 11.5 Å². The van der Waals surface area contributed by atoms with Crippen LogP contribution in [0.4, 0.5) is 5.13 Å². The lowest BCUT2D eigenvalue weighted by atomic mass is 10.3. The van der Waals surface area contributed by atoms with Crippen LogP contribution >= 0.6 is 22.9 Å². The van der Waals surface area contributed by atoms with Gasteiger partial charge < -0.3 is 4.90 Å². The minimum Gasteiger partial charge on any atom is -0.354 e. The summed E-state index contributed by atoms with van der Waals surface area (Å²) in [7, 11) is 3.89. The number of nitrogens with zero attached hydrogens (tertiary/aromatic N) is 5. The van der Waals surface area contributed by atoms with Crippen LogP contribution < -0.4 is 10.5 Å². The molecule has 0 radical (unpaired) electrons. The zero-order chi connectivity index (χ0) is 14.3. The molecule has 0 amide bonds. The first-order valence-electron chi connectivity index (χ1n) is 5.99. The molecule has 0 saturated carbocycles. The van der Waals surface area contributed by atoms with Gasteiger partial charge in [-0.25, -0.2) is 9.97 Å². The summed E-state index contributed by atoms with van der Waals surface area (Å²) in [5.41, 5.74) is 0.705. The normalized spacial score (nSPS) is 11.2.